The average Bonchev–Trinajstić information content (AvgIpc) is 3.33. The maximum atomic E-state index is 13.6. The molecule has 0 spiro atoms. The van der Waals surface area contributed by atoms with E-state index in [1.165, 1.54) is 12.1 Å². The summed E-state index contributed by atoms with van der Waals surface area (Å²) >= 11 is 0. The van der Waals surface area contributed by atoms with Crippen molar-refractivity contribution in [2.24, 2.45) is 5.92 Å². The first kappa shape index (κ1) is 18.5. The molecule has 6 rings (SSSR count). The van der Waals surface area contributed by atoms with Crippen LogP contribution in [0.25, 0.3) is 28.2 Å². The molecule has 1 saturated heterocycles. The van der Waals surface area contributed by atoms with Gasteiger partial charge in [-0.3, -0.25) is 9.20 Å². The summed E-state index contributed by atoms with van der Waals surface area (Å²) in [5.41, 5.74) is 5.66. The molecule has 0 saturated carbocycles. The van der Waals surface area contributed by atoms with Crippen LogP contribution in [-0.2, 0) is 11.2 Å². The Kier molecular flexibility index (Phi) is 3.98. The lowest BCUT2D eigenvalue weighted by atomic mass is 10.0. The number of nitriles is 1. The summed E-state index contributed by atoms with van der Waals surface area (Å²) in [6.07, 6.45) is 3.91. The standard InChI is InChI=1S/C24H17FN6O/c25-18-4-1-15(2-5-18)21-22(16-3-6-19-17(9-16)10-20(32)28-19)31-8-7-27-23(24(31)29-21)30-12-14(11-26)13-30/h1-9,14H,10,12-13H2,(H,28,32). The van der Waals surface area contributed by atoms with E-state index in [1.807, 2.05) is 33.7 Å². The predicted octanol–water partition coefficient (Wildman–Crippen LogP) is 3.66. The van der Waals surface area contributed by atoms with Gasteiger partial charge in [0.1, 0.15) is 5.82 Å². The number of nitrogens with zero attached hydrogens (tertiary/aromatic N) is 5. The third-order valence-corrected chi connectivity index (χ3v) is 6.01. The maximum Gasteiger partial charge on any atom is 0.228 e. The number of carbonyl (C=O) groups is 1. The minimum Gasteiger partial charge on any atom is -0.351 e. The Morgan fingerprint density at radius 3 is 2.69 bits per heavy atom. The molecule has 2 aliphatic heterocycles. The highest BCUT2D eigenvalue weighted by Gasteiger charge is 2.31. The van der Waals surface area contributed by atoms with E-state index in [0.717, 1.165) is 28.1 Å². The molecule has 156 valence electrons. The molecule has 0 unspecified atom stereocenters. The van der Waals surface area contributed by atoms with Crippen molar-refractivity contribution in [3.05, 3.63) is 66.2 Å². The van der Waals surface area contributed by atoms with Crippen LogP contribution in [0.2, 0.25) is 0 Å². The van der Waals surface area contributed by atoms with Crippen molar-refractivity contribution in [1.82, 2.24) is 14.4 Å². The number of hydrogen-bond donors (Lipinski definition) is 1. The molecule has 0 aliphatic carbocycles. The normalized spacial score (nSPS) is 15.4. The molecular weight excluding hydrogens is 407 g/mol. The minimum atomic E-state index is -0.313. The van der Waals surface area contributed by atoms with Crippen molar-refractivity contribution in [2.45, 2.75) is 6.42 Å². The van der Waals surface area contributed by atoms with Crippen LogP contribution in [0.15, 0.2) is 54.9 Å². The average molecular weight is 424 g/mol. The third kappa shape index (κ3) is 2.82. The fraction of sp³-hybridized carbons (Fsp3) is 0.167. The molecule has 4 aromatic rings. The Labute approximate surface area is 182 Å². The molecule has 0 atom stereocenters. The summed E-state index contributed by atoms with van der Waals surface area (Å²) in [5, 5.41) is 12.0. The summed E-state index contributed by atoms with van der Waals surface area (Å²) in [5.74, 6) is 0.369. The molecule has 7 nitrogen and oxygen atoms in total. The molecule has 0 bridgehead atoms. The van der Waals surface area contributed by atoms with Crippen LogP contribution in [0.3, 0.4) is 0 Å². The van der Waals surface area contributed by atoms with Gasteiger partial charge in [-0.15, -0.1) is 0 Å². The first-order valence-corrected chi connectivity index (χ1v) is 10.3. The molecule has 1 fully saturated rings. The number of aromatic nitrogens is 3. The lowest BCUT2D eigenvalue weighted by molar-refractivity contribution is -0.115. The summed E-state index contributed by atoms with van der Waals surface area (Å²) < 4.78 is 15.6. The Balaban J connectivity index is 1.57. The molecule has 32 heavy (non-hydrogen) atoms. The van der Waals surface area contributed by atoms with Gasteiger partial charge >= 0.3 is 0 Å². The van der Waals surface area contributed by atoms with Gasteiger partial charge in [0, 0.05) is 42.3 Å². The number of amides is 1. The Bertz CT molecular complexity index is 1430. The van der Waals surface area contributed by atoms with Crippen molar-refractivity contribution in [3.8, 4) is 28.6 Å². The van der Waals surface area contributed by atoms with Crippen LogP contribution >= 0.6 is 0 Å². The zero-order valence-corrected chi connectivity index (χ0v) is 16.9. The van der Waals surface area contributed by atoms with E-state index >= 15 is 0 Å². The van der Waals surface area contributed by atoms with E-state index in [2.05, 4.69) is 16.4 Å². The highest BCUT2D eigenvalue weighted by molar-refractivity contribution is 6.00. The van der Waals surface area contributed by atoms with Gasteiger partial charge in [-0.1, -0.05) is 6.07 Å². The van der Waals surface area contributed by atoms with Gasteiger partial charge in [0.05, 0.1) is 29.8 Å². The number of anilines is 2. The van der Waals surface area contributed by atoms with Crippen molar-refractivity contribution >= 4 is 23.1 Å². The third-order valence-electron chi connectivity index (χ3n) is 6.01. The van der Waals surface area contributed by atoms with E-state index in [0.29, 0.717) is 36.7 Å². The van der Waals surface area contributed by atoms with E-state index in [9.17, 15) is 9.18 Å². The molecule has 0 radical (unpaired) electrons. The van der Waals surface area contributed by atoms with Crippen molar-refractivity contribution in [2.75, 3.05) is 23.3 Å². The monoisotopic (exact) mass is 424 g/mol. The smallest absolute Gasteiger partial charge is 0.228 e. The first-order chi connectivity index (χ1) is 15.6. The summed E-state index contributed by atoms with van der Waals surface area (Å²) in [6.45, 7) is 1.23. The largest absolute Gasteiger partial charge is 0.351 e. The number of rotatable bonds is 3. The van der Waals surface area contributed by atoms with Gasteiger partial charge < -0.3 is 10.2 Å². The van der Waals surface area contributed by atoms with E-state index in [4.69, 9.17) is 10.2 Å². The van der Waals surface area contributed by atoms with Gasteiger partial charge in [-0.2, -0.15) is 5.26 Å². The SMILES string of the molecule is N#CC1CN(c2nccn3c(-c4ccc5c(c4)CC(=O)N5)c(-c4ccc(F)cc4)nc23)C1. The van der Waals surface area contributed by atoms with Crippen LogP contribution in [0.1, 0.15) is 5.56 Å². The van der Waals surface area contributed by atoms with Crippen LogP contribution in [0.4, 0.5) is 15.9 Å². The second-order valence-corrected chi connectivity index (χ2v) is 8.09. The zero-order chi connectivity index (χ0) is 21.8. The molecular formula is C24H17FN6O. The number of nitrogens with one attached hydrogen (secondary N) is 1. The van der Waals surface area contributed by atoms with Crippen molar-refractivity contribution in [1.29, 1.82) is 5.26 Å². The van der Waals surface area contributed by atoms with Gasteiger partial charge in [0.25, 0.3) is 0 Å². The minimum absolute atomic E-state index is 0.00944. The Hall–Kier alpha value is -4.25. The summed E-state index contributed by atoms with van der Waals surface area (Å²) in [6, 6.07) is 14.4. The summed E-state index contributed by atoms with van der Waals surface area (Å²) in [7, 11) is 0. The van der Waals surface area contributed by atoms with Gasteiger partial charge in [-0.25, -0.2) is 14.4 Å². The number of hydrogen-bond acceptors (Lipinski definition) is 5. The van der Waals surface area contributed by atoms with Crippen LogP contribution in [0, 0.1) is 23.1 Å². The predicted molar refractivity (Wildman–Crippen MR) is 117 cm³/mol. The van der Waals surface area contributed by atoms with Crippen LogP contribution in [-0.4, -0.2) is 33.4 Å². The fourth-order valence-corrected chi connectivity index (χ4v) is 4.38. The number of carbonyl (C=O) groups excluding carboxylic acids is 1. The lowest BCUT2D eigenvalue weighted by Crippen LogP contribution is -2.46. The fourth-order valence-electron chi connectivity index (χ4n) is 4.38. The quantitative estimate of drug-likeness (QED) is 0.543. The lowest BCUT2D eigenvalue weighted by Gasteiger charge is -2.36. The van der Waals surface area contributed by atoms with Crippen LogP contribution in [0.5, 0.6) is 0 Å². The molecule has 2 aliphatic rings. The highest BCUT2D eigenvalue weighted by Crippen LogP contribution is 2.38. The number of benzene rings is 2. The molecule has 2 aromatic heterocycles. The van der Waals surface area contributed by atoms with Crippen LogP contribution < -0.4 is 10.2 Å². The molecule has 4 heterocycles. The molecule has 1 amide bonds. The maximum absolute atomic E-state index is 13.6. The van der Waals surface area contributed by atoms with Crippen molar-refractivity contribution < 1.29 is 9.18 Å². The van der Waals surface area contributed by atoms with Crippen molar-refractivity contribution in [3.63, 3.8) is 0 Å². The zero-order valence-electron chi connectivity index (χ0n) is 16.9. The first-order valence-electron chi connectivity index (χ1n) is 10.3. The summed E-state index contributed by atoms with van der Waals surface area (Å²) in [4.78, 5) is 23.3. The van der Waals surface area contributed by atoms with Gasteiger partial charge in [0.2, 0.25) is 5.91 Å². The molecule has 2 aromatic carbocycles. The number of imidazole rings is 1. The molecule has 8 heteroatoms. The topological polar surface area (TPSA) is 86.3 Å². The Morgan fingerprint density at radius 1 is 1.12 bits per heavy atom. The van der Waals surface area contributed by atoms with E-state index < -0.39 is 0 Å². The number of halogens is 1. The van der Waals surface area contributed by atoms with E-state index in [-0.39, 0.29) is 17.6 Å². The van der Waals surface area contributed by atoms with Gasteiger partial charge in [0.15, 0.2) is 11.5 Å². The molecule has 1 N–H and O–H groups in total. The second-order valence-electron chi connectivity index (χ2n) is 8.09. The highest BCUT2D eigenvalue weighted by atomic mass is 19.1. The van der Waals surface area contributed by atoms with Gasteiger partial charge in [-0.05, 0) is 42.0 Å². The number of fused-ring (bicyclic) bond motifs is 2. The van der Waals surface area contributed by atoms with E-state index in [1.54, 1.807) is 18.3 Å². The Morgan fingerprint density at radius 2 is 1.91 bits per heavy atom. The second kappa shape index (κ2) is 6.89.